The largest absolute Gasteiger partial charge is 0.380 e. The summed E-state index contributed by atoms with van der Waals surface area (Å²) in [5, 5.41) is 11.8. The first-order chi connectivity index (χ1) is 14.5. The number of aliphatic hydroxyl groups is 1. The lowest BCUT2D eigenvalue weighted by Gasteiger charge is -2.38. The fourth-order valence-electron chi connectivity index (χ4n) is 4.57. The van der Waals surface area contributed by atoms with Gasteiger partial charge in [-0.2, -0.15) is 0 Å². The molecule has 3 aromatic carbocycles. The molecule has 1 atom stereocenters. The van der Waals surface area contributed by atoms with E-state index >= 15 is 0 Å². The van der Waals surface area contributed by atoms with Crippen molar-refractivity contribution in [2.24, 2.45) is 5.92 Å². The first-order valence-corrected chi connectivity index (χ1v) is 10.5. The Bertz CT molecular complexity index is 902. The zero-order valence-corrected chi connectivity index (χ0v) is 18.2. The van der Waals surface area contributed by atoms with Crippen LogP contribution in [0.5, 0.6) is 0 Å². The van der Waals surface area contributed by atoms with Crippen LogP contribution in [0.1, 0.15) is 36.0 Å². The quantitative estimate of drug-likeness (QED) is 0.510. The van der Waals surface area contributed by atoms with Crippen LogP contribution >= 0.6 is 12.4 Å². The van der Waals surface area contributed by atoms with Crippen LogP contribution in [0.3, 0.4) is 0 Å². The summed E-state index contributed by atoms with van der Waals surface area (Å²) < 4.78 is 27.0. The number of piperidine rings is 1. The molecule has 5 heteroatoms. The van der Waals surface area contributed by atoms with Gasteiger partial charge in [-0.15, -0.1) is 12.4 Å². The van der Waals surface area contributed by atoms with Gasteiger partial charge in [-0.25, -0.2) is 8.78 Å². The van der Waals surface area contributed by atoms with Crippen LogP contribution in [0, 0.1) is 17.6 Å². The summed E-state index contributed by atoms with van der Waals surface area (Å²) in [6.07, 6.45) is 2.60. The van der Waals surface area contributed by atoms with Gasteiger partial charge in [-0.1, -0.05) is 54.6 Å². The fraction of sp³-hybridized carbons (Fsp3) is 0.308. The van der Waals surface area contributed by atoms with Gasteiger partial charge in [0.05, 0.1) is 0 Å². The second-order valence-electron chi connectivity index (χ2n) is 8.31. The topological polar surface area (TPSA) is 23.5 Å². The van der Waals surface area contributed by atoms with Crippen molar-refractivity contribution in [1.29, 1.82) is 0 Å². The van der Waals surface area contributed by atoms with Gasteiger partial charge >= 0.3 is 0 Å². The van der Waals surface area contributed by atoms with E-state index in [0.29, 0.717) is 17.5 Å². The third-order valence-electron chi connectivity index (χ3n) is 6.08. The molecule has 2 nitrogen and oxygen atoms in total. The second-order valence-corrected chi connectivity index (χ2v) is 8.31. The Hall–Kier alpha value is -2.27. The van der Waals surface area contributed by atoms with Crippen molar-refractivity contribution in [3.63, 3.8) is 0 Å². The summed E-state index contributed by atoms with van der Waals surface area (Å²) in [5.74, 6) is -0.401. The lowest BCUT2D eigenvalue weighted by Crippen LogP contribution is -2.39. The van der Waals surface area contributed by atoms with E-state index in [0.717, 1.165) is 32.5 Å². The molecule has 1 aliphatic rings. The molecule has 1 fully saturated rings. The highest BCUT2D eigenvalue weighted by Crippen LogP contribution is 2.38. The molecule has 3 aromatic rings. The standard InChI is InChI=1S/C26H27F2NO.ClH/c27-24-12-8-22(9-13-24)26(30,23-10-14-25(28)15-11-23)17-21-7-4-16-29(19-21)18-20-5-2-1-3-6-20;/h1-3,5-6,8-15,21,30H,4,7,16-19H2;1H. The van der Waals surface area contributed by atoms with Crippen molar-refractivity contribution in [3.8, 4) is 0 Å². The lowest BCUT2D eigenvalue weighted by atomic mass is 9.77. The fourth-order valence-corrected chi connectivity index (χ4v) is 4.57. The van der Waals surface area contributed by atoms with Crippen LogP contribution in [0.15, 0.2) is 78.9 Å². The minimum Gasteiger partial charge on any atom is -0.380 e. The minimum atomic E-state index is -1.29. The van der Waals surface area contributed by atoms with E-state index in [1.54, 1.807) is 24.3 Å². The minimum absolute atomic E-state index is 0. The van der Waals surface area contributed by atoms with Gasteiger partial charge in [0.2, 0.25) is 0 Å². The average molecular weight is 444 g/mol. The zero-order valence-electron chi connectivity index (χ0n) is 17.4. The summed E-state index contributed by atoms with van der Waals surface area (Å²) in [4.78, 5) is 2.43. The number of hydrogen-bond donors (Lipinski definition) is 1. The van der Waals surface area contributed by atoms with Crippen molar-refractivity contribution in [2.45, 2.75) is 31.4 Å². The van der Waals surface area contributed by atoms with Crippen molar-refractivity contribution < 1.29 is 13.9 Å². The summed E-state index contributed by atoms with van der Waals surface area (Å²) in [7, 11) is 0. The molecule has 1 unspecified atom stereocenters. The number of benzene rings is 3. The molecular weight excluding hydrogens is 416 g/mol. The van der Waals surface area contributed by atoms with E-state index < -0.39 is 5.60 Å². The van der Waals surface area contributed by atoms with Gasteiger partial charge in [-0.3, -0.25) is 4.90 Å². The highest BCUT2D eigenvalue weighted by atomic mass is 35.5. The van der Waals surface area contributed by atoms with E-state index in [9.17, 15) is 13.9 Å². The third-order valence-corrected chi connectivity index (χ3v) is 6.08. The van der Waals surface area contributed by atoms with Crippen LogP contribution in [-0.2, 0) is 12.1 Å². The molecule has 1 N–H and O–H groups in total. The molecule has 1 saturated heterocycles. The van der Waals surface area contributed by atoms with Gasteiger partial charge in [0, 0.05) is 13.1 Å². The molecular formula is C26H28ClF2NO. The Balaban J connectivity index is 0.00000272. The summed E-state index contributed by atoms with van der Waals surface area (Å²) in [5.41, 5.74) is 1.26. The lowest BCUT2D eigenvalue weighted by molar-refractivity contribution is 0.0321. The van der Waals surface area contributed by atoms with E-state index in [2.05, 4.69) is 29.2 Å². The monoisotopic (exact) mass is 443 g/mol. The van der Waals surface area contributed by atoms with Crippen LogP contribution in [0.2, 0.25) is 0 Å². The summed E-state index contributed by atoms with van der Waals surface area (Å²) in [6, 6.07) is 22.4. The third kappa shape index (κ3) is 5.70. The number of hydrogen-bond acceptors (Lipinski definition) is 2. The molecule has 0 saturated carbocycles. The molecule has 164 valence electrons. The molecule has 31 heavy (non-hydrogen) atoms. The maximum Gasteiger partial charge on any atom is 0.123 e. The average Bonchev–Trinajstić information content (AvgIpc) is 2.75. The van der Waals surface area contributed by atoms with Crippen molar-refractivity contribution in [1.82, 2.24) is 4.90 Å². The molecule has 0 amide bonds. The van der Waals surface area contributed by atoms with E-state index in [1.807, 2.05) is 6.07 Å². The first kappa shape index (κ1) is 23.4. The van der Waals surface area contributed by atoms with Crippen molar-refractivity contribution in [2.75, 3.05) is 13.1 Å². The smallest absolute Gasteiger partial charge is 0.123 e. The Morgan fingerprint density at radius 2 is 1.39 bits per heavy atom. The van der Waals surface area contributed by atoms with Gasteiger partial charge in [0.25, 0.3) is 0 Å². The second kappa shape index (κ2) is 10.4. The van der Waals surface area contributed by atoms with Crippen LogP contribution in [0.25, 0.3) is 0 Å². The predicted octanol–water partition coefficient (Wildman–Crippen LogP) is 5.92. The molecule has 0 spiro atoms. The van der Waals surface area contributed by atoms with E-state index in [1.165, 1.54) is 29.8 Å². The molecule has 4 rings (SSSR count). The molecule has 0 bridgehead atoms. The Labute approximate surface area is 188 Å². The molecule has 1 aliphatic heterocycles. The normalized spacial score (nSPS) is 17.2. The predicted molar refractivity (Wildman–Crippen MR) is 122 cm³/mol. The SMILES string of the molecule is Cl.OC(CC1CCCN(Cc2ccccc2)C1)(c1ccc(F)cc1)c1ccc(F)cc1. The van der Waals surface area contributed by atoms with E-state index in [4.69, 9.17) is 0 Å². The maximum absolute atomic E-state index is 13.5. The number of halogens is 3. The van der Waals surface area contributed by atoms with Crippen molar-refractivity contribution in [3.05, 3.63) is 107 Å². The molecule has 0 aliphatic carbocycles. The Kier molecular flexibility index (Phi) is 7.82. The van der Waals surface area contributed by atoms with Gasteiger partial charge < -0.3 is 5.11 Å². The molecule has 1 heterocycles. The van der Waals surface area contributed by atoms with Gasteiger partial charge in [0.1, 0.15) is 17.2 Å². The molecule has 0 aromatic heterocycles. The maximum atomic E-state index is 13.5. The summed E-state index contributed by atoms with van der Waals surface area (Å²) in [6.45, 7) is 2.82. The van der Waals surface area contributed by atoms with Crippen molar-refractivity contribution >= 4 is 12.4 Å². The highest BCUT2D eigenvalue weighted by Gasteiger charge is 2.36. The van der Waals surface area contributed by atoms with Gasteiger partial charge in [0.15, 0.2) is 0 Å². The summed E-state index contributed by atoms with van der Waals surface area (Å²) >= 11 is 0. The number of nitrogens with zero attached hydrogens (tertiary/aromatic N) is 1. The number of rotatable bonds is 6. The molecule has 0 radical (unpaired) electrons. The van der Waals surface area contributed by atoms with Crippen LogP contribution in [-0.4, -0.2) is 23.1 Å². The number of likely N-dealkylation sites (tertiary alicyclic amines) is 1. The first-order valence-electron chi connectivity index (χ1n) is 10.5. The van der Waals surface area contributed by atoms with Crippen LogP contribution < -0.4 is 0 Å². The van der Waals surface area contributed by atoms with E-state index in [-0.39, 0.29) is 30.0 Å². The Morgan fingerprint density at radius 3 is 1.94 bits per heavy atom. The van der Waals surface area contributed by atoms with Gasteiger partial charge in [-0.05, 0) is 72.7 Å². The Morgan fingerprint density at radius 1 is 0.839 bits per heavy atom. The zero-order chi connectivity index (χ0) is 21.0. The highest BCUT2D eigenvalue weighted by molar-refractivity contribution is 5.85. The van der Waals surface area contributed by atoms with Crippen LogP contribution in [0.4, 0.5) is 8.78 Å².